The number of carboxylic acid groups (broad SMARTS) is 1. The first-order valence-electron chi connectivity index (χ1n) is 21.7. The molecule has 0 aliphatic rings. The summed E-state index contributed by atoms with van der Waals surface area (Å²) in [5.74, 6) is -2.37. The summed E-state index contributed by atoms with van der Waals surface area (Å²) in [6, 6.07) is -1.54. The molecule has 11 nitrogen and oxygen atoms in total. The van der Waals surface area contributed by atoms with Crippen molar-refractivity contribution in [1.29, 1.82) is 0 Å². The molecule has 12 heteroatoms. The van der Waals surface area contributed by atoms with Crippen LogP contribution in [0.3, 0.4) is 0 Å². The molecule has 54 heavy (non-hydrogen) atoms. The first kappa shape index (κ1) is 52.2. The first-order valence-corrected chi connectivity index (χ1v) is 23.2. The average Bonchev–Trinajstić information content (AvgIpc) is 3.14. The van der Waals surface area contributed by atoms with Crippen molar-refractivity contribution in [2.24, 2.45) is 0 Å². The Bertz CT molecular complexity index is 979. The van der Waals surface area contributed by atoms with Crippen LogP contribution >= 0.6 is 7.82 Å². The molecule has 0 spiro atoms. The number of nitrogens with one attached hydrogen (secondary N) is 1. The highest BCUT2D eigenvalue weighted by Gasteiger charge is 2.28. The summed E-state index contributed by atoms with van der Waals surface area (Å²) in [6.45, 7) is 2.59. The predicted octanol–water partition coefficient (Wildman–Crippen LogP) is 10.9. The van der Waals surface area contributed by atoms with Crippen LogP contribution < -0.4 is 5.32 Å². The third kappa shape index (κ3) is 37.2. The van der Waals surface area contributed by atoms with Gasteiger partial charge in [0.2, 0.25) is 5.91 Å². The minimum absolute atomic E-state index is 0.150. The molecule has 0 radical (unpaired) electrons. The topological polar surface area (TPSA) is 169 Å². The molecule has 0 aliphatic carbocycles. The third-order valence-corrected chi connectivity index (χ3v) is 10.5. The summed E-state index contributed by atoms with van der Waals surface area (Å²) in [6.07, 6.45) is 36.6. The number of aliphatic hydroxyl groups is 1. The zero-order valence-corrected chi connectivity index (χ0v) is 35.2. The maximum Gasteiger partial charge on any atom is 0.472 e. The highest BCUT2D eigenvalue weighted by atomic mass is 31.2. The average molecular weight is 790 g/mol. The van der Waals surface area contributed by atoms with Crippen LogP contribution in [-0.2, 0) is 32.7 Å². The first-order chi connectivity index (χ1) is 26.1. The molecule has 0 aromatic heterocycles. The molecule has 0 aromatic rings. The van der Waals surface area contributed by atoms with Crippen LogP contribution in [0.4, 0.5) is 0 Å². The highest BCUT2D eigenvalue weighted by molar-refractivity contribution is 7.47. The quantitative estimate of drug-likeness (QED) is 0.0202. The summed E-state index contributed by atoms with van der Waals surface area (Å²) in [5.41, 5.74) is 0. The SMILES string of the molecule is CCCCCCCCC/C=C\CCCCCCCCCC(=O)OCC(O)COP(=O)(O)OCC(NC(=O)CCCCCCCCCCCCCC)C(=O)O. The van der Waals surface area contributed by atoms with E-state index >= 15 is 0 Å². The summed E-state index contributed by atoms with van der Waals surface area (Å²) in [7, 11) is -4.75. The number of rotatable bonds is 41. The van der Waals surface area contributed by atoms with E-state index < -0.39 is 57.6 Å². The number of amides is 1. The molecule has 0 heterocycles. The van der Waals surface area contributed by atoms with E-state index in [0.29, 0.717) is 12.8 Å². The van der Waals surface area contributed by atoms with Crippen LogP contribution in [-0.4, -0.2) is 64.9 Å². The number of phosphoric acid groups is 1. The van der Waals surface area contributed by atoms with Crippen molar-refractivity contribution in [2.75, 3.05) is 19.8 Å². The van der Waals surface area contributed by atoms with Gasteiger partial charge in [-0.3, -0.25) is 18.6 Å². The maximum absolute atomic E-state index is 12.3. The van der Waals surface area contributed by atoms with Crippen LogP contribution in [0.15, 0.2) is 12.2 Å². The van der Waals surface area contributed by atoms with Gasteiger partial charge in [0.15, 0.2) is 6.04 Å². The number of aliphatic carboxylic acids is 1. The van der Waals surface area contributed by atoms with Gasteiger partial charge in [-0.05, 0) is 38.5 Å². The van der Waals surface area contributed by atoms with E-state index in [1.165, 1.54) is 122 Å². The van der Waals surface area contributed by atoms with Crippen LogP contribution in [0.2, 0.25) is 0 Å². The molecule has 0 aromatic carbocycles. The van der Waals surface area contributed by atoms with E-state index in [1.54, 1.807) is 0 Å². The van der Waals surface area contributed by atoms with Crippen LogP contribution in [0.1, 0.15) is 206 Å². The fourth-order valence-corrected chi connectivity index (χ4v) is 6.91. The Labute approximate surface area is 328 Å². The van der Waals surface area contributed by atoms with E-state index in [-0.39, 0.29) is 12.8 Å². The van der Waals surface area contributed by atoms with Crippen LogP contribution in [0, 0.1) is 0 Å². The third-order valence-electron chi connectivity index (χ3n) is 9.55. The predicted molar refractivity (Wildman–Crippen MR) is 217 cm³/mol. The second kappa shape index (κ2) is 38.1. The van der Waals surface area contributed by atoms with E-state index in [0.717, 1.165) is 44.9 Å². The highest BCUT2D eigenvalue weighted by Crippen LogP contribution is 2.43. The fourth-order valence-electron chi connectivity index (χ4n) is 6.13. The van der Waals surface area contributed by atoms with Gasteiger partial charge in [-0.15, -0.1) is 0 Å². The molecule has 4 N–H and O–H groups in total. The van der Waals surface area contributed by atoms with Gasteiger partial charge < -0.3 is 25.2 Å². The molecule has 1 amide bonds. The van der Waals surface area contributed by atoms with Gasteiger partial charge in [0, 0.05) is 12.8 Å². The molecule has 318 valence electrons. The number of esters is 1. The normalized spacial score (nSPS) is 13.9. The van der Waals surface area contributed by atoms with Crippen molar-refractivity contribution in [3.63, 3.8) is 0 Å². The lowest BCUT2D eigenvalue weighted by atomic mass is 10.0. The van der Waals surface area contributed by atoms with Gasteiger partial charge in [-0.2, -0.15) is 0 Å². The Morgan fingerprint density at radius 2 is 0.963 bits per heavy atom. The smallest absolute Gasteiger partial charge is 0.472 e. The van der Waals surface area contributed by atoms with Gasteiger partial charge in [-0.1, -0.05) is 167 Å². The van der Waals surface area contributed by atoms with E-state index in [1.807, 2.05) is 0 Å². The van der Waals surface area contributed by atoms with Crippen molar-refractivity contribution < 1.29 is 47.8 Å². The number of hydrogen-bond donors (Lipinski definition) is 4. The van der Waals surface area contributed by atoms with Gasteiger partial charge in [-0.25, -0.2) is 9.36 Å². The monoisotopic (exact) mass is 790 g/mol. The zero-order valence-electron chi connectivity index (χ0n) is 34.3. The van der Waals surface area contributed by atoms with Gasteiger partial charge in [0.25, 0.3) is 0 Å². The standard InChI is InChI=1S/C42H80NO10P/c1-3-5-7-9-11-13-15-17-18-19-20-21-22-24-26-28-30-32-34-41(46)51-35-38(44)36-52-54(49,50)53-37-39(42(47)48)43-40(45)33-31-29-27-25-23-16-14-12-10-8-6-4-2/h18-19,38-39,44H,3-17,20-37H2,1-2H3,(H,43,45)(H,47,48)(H,49,50)/b19-18-. The molecule has 3 atom stereocenters. The number of carboxylic acids is 1. The summed E-state index contributed by atoms with van der Waals surface area (Å²) in [5, 5.41) is 21.8. The minimum atomic E-state index is -4.75. The Kier molecular flexibility index (Phi) is 36.9. The van der Waals surface area contributed by atoms with Crippen molar-refractivity contribution in [3.05, 3.63) is 12.2 Å². The van der Waals surface area contributed by atoms with Crippen molar-refractivity contribution in [1.82, 2.24) is 5.32 Å². The number of ether oxygens (including phenoxy) is 1. The summed E-state index contributed by atoms with van der Waals surface area (Å²) < 4.78 is 26.8. The lowest BCUT2D eigenvalue weighted by Gasteiger charge is -2.18. The molecule has 0 saturated heterocycles. The van der Waals surface area contributed by atoms with E-state index in [9.17, 15) is 34.1 Å². The van der Waals surface area contributed by atoms with E-state index in [4.69, 9.17) is 13.8 Å². The minimum Gasteiger partial charge on any atom is -0.480 e. The van der Waals surface area contributed by atoms with Crippen LogP contribution in [0.5, 0.6) is 0 Å². The Morgan fingerprint density at radius 1 is 0.574 bits per heavy atom. The summed E-state index contributed by atoms with van der Waals surface area (Å²) in [4.78, 5) is 45.8. The van der Waals surface area contributed by atoms with Crippen LogP contribution in [0.25, 0.3) is 0 Å². The fraction of sp³-hybridized carbons (Fsp3) is 0.881. The molecule has 3 unspecified atom stereocenters. The summed E-state index contributed by atoms with van der Waals surface area (Å²) >= 11 is 0. The zero-order chi connectivity index (χ0) is 40.0. The lowest BCUT2D eigenvalue weighted by molar-refractivity contribution is -0.147. The second-order valence-corrected chi connectivity index (χ2v) is 16.3. The number of aliphatic hydroxyl groups excluding tert-OH is 1. The number of allylic oxidation sites excluding steroid dienone is 2. The number of carbonyl (C=O) groups is 3. The molecule has 0 aliphatic heterocycles. The number of phosphoric ester groups is 1. The van der Waals surface area contributed by atoms with Gasteiger partial charge in [0.05, 0.1) is 13.2 Å². The van der Waals surface area contributed by atoms with Gasteiger partial charge in [0.1, 0.15) is 12.7 Å². The van der Waals surface area contributed by atoms with E-state index in [2.05, 4.69) is 31.3 Å². The number of unbranched alkanes of at least 4 members (excludes halogenated alkanes) is 25. The molecule has 0 fully saturated rings. The Morgan fingerprint density at radius 3 is 1.41 bits per heavy atom. The number of hydrogen-bond acceptors (Lipinski definition) is 8. The second-order valence-electron chi connectivity index (χ2n) is 14.9. The number of carbonyl (C=O) groups excluding carboxylic acids is 2. The molecule has 0 saturated carbocycles. The molecular formula is C42H80NO10P. The van der Waals surface area contributed by atoms with Crippen molar-refractivity contribution >= 4 is 25.7 Å². The molecular weight excluding hydrogens is 709 g/mol. The maximum atomic E-state index is 12.3. The van der Waals surface area contributed by atoms with Crippen molar-refractivity contribution in [3.8, 4) is 0 Å². The van der Waals surface area contributed by atoms with Crippen molar-refractivity contribution in [2.45, 2.75) is 219 Å². The van der Waals surface area contributed by atoms with Gasteiger partial charge >= 0.3 is 19.8 Å². The lowest BCUT2D eigenvalue weighted by Crippen LogP contribution is -2.43. The Hall–Kier alpha value is -1.78. The largest absolute Gasteiger partial charge is 0.480 e. The molecule has 0 rings (SSSR count). The Balaban J connectivity index is 3.87. The molecule has 0 bridgehead atoms.